The topological polar surface area (TPSA) is 126 Å². The van der Waals surface area contributed by atoms with Crippen molar-refractivity contribution < 1.29 is 33.6 Å². The van der Waals surface area contributed by atoms with E-state index in [2.05, 4.69) is 15.9 Å². The molecule has 0 bridgehead atoms. The van der Waals surface area contributed by atoms with Gasteiger partial charge in [-0.05, 0) is 88.4 Å². The fourth-order valence-corrected chi connectivity index (χ4v) is 6.83. The number of ether oxygens (including phenoxy) is 4. The van der Waals surface area contributed by atoms with E-state index >= 15 is 0 Å². The highest BCUT2D eigenvalue weighted by atomic mass is 79.9. The first-order valence-electron chi connectivity index (χ1n) is 14.6. The molecule has 0 spiro atoms. The molecule has 0 fully saturated rings. The van der Waals surface area contributed by atoms with Gasteiger partial charge in [-0.3, -0.25) is 9.36 Å². The zero-order chi connectivity index (χ0) is 32.4. The predicted octanol–water partition coefficient (Wildman–Crippen LogP) is 5.35. The second-order valence-electron chi connectivity index (χ2n) is 10.5. The number of halogens is 1. The number of aromatic nitrogens is 1. The molecule has 0 aliphatic carbocycles. The summed E-state index contributed by atoms with van der Waals surface area (Å²) in [6, 6.07) is 16.6. The maximum Gasteiger partial charge on any atom is 0.338 e. The van der Waals surface area contributed by atoms with Crippen LogP contribution in [0.5, 0.6) is 17.2 Å². The minimum atomic E-state index is -0.984. The zero-order valence-corrected chi connectivity index (χ0v) is 27.4. The van der Waals surface area contributed by atoms with Gasteiger partial charge in [-0.1, -0.05) is 48.9 Å². The molecule has 0 radical (unpaired) electrons. The van der Waals surface area contributed by atoms with Crippen LogP contribution in [0.1, 0.15) is 59.8 Å². The molecule has 2 aliphatic rings. The summed E-state index contributed by atoms with van der Waals surface area (Å²) in [5, 5.41) is 9.10. The monoisotopic (exact) mass is 704 g/mol. The second-order valence-corrected chi connectivity index (χ2v) is 12.4. The molecule has 2 aliphatic heterocycles. The molecule has 3 aromatic carbocycles. The number of hydrogen-bond donors (Lipinski definition) is 1. The normalized spacial score (nSPS) is 15.4. The number of hydrogen-bond acceptors (Lipinski definition) is 9. The molecule has 3 heterocycles. The van der Waals surface area contributed by atoms with Crippen molar-refractivity contribution in [3.63, 3.8) is 0 Å². The van der Waals surface area contributed by atoms with E-state index in [0.29, 0.717) is 54.3 Å². The Morgan fingerprint density at radius 3 is 2.59 bits per heavy atom. The van der Waals surface area contributed by atoms with Crippen molar-refractivity contribution >= 4 is 45.3 Å². The standard InChI is InChI=1S/C34H29BrN2O8S/c1-3-5-24-29(33(41)42-4-2)30(22-11-13-26-27(16-22)45-18-44-26)37-31(38)28(46-34(37)36-24)15-20-8-12-25(23(35)14-20)43-17-19-6-9-21(10-7-19)32(39)40/h6-16,30H,3-5,17-18H2,1-2H3,(H,39,40)/b28-15+/t30-/m0/s1. The van der Waals surface area contributed by atoms with Gasteiger partial charge in [0, 0.05) is 0 Å². The first-order valence-corrected chi connectivity index (χ1v) is 16.2. The summed E-state index contributed by atoms with van der Waals surface area (Å²) in [7, 11) is 0. The number of carboxylic acids is 1. The van der Waals surface area contributed by atoms with Gasteiger partial charge < -0.3 is 24.1 Å². The van der Waals surface area contributed by atoms with Gasteiger partial charge in [-0.15, -0.1) is 0 Å². The summed E-state index contributed by atoms with van der Waals surface area (Å²) in [6.45, 7) is 4.29. The van der Waals surface area contributed by atoms with Crippen LogP contribution < -0.4 is 29.1 Å². The third-order valence-electron chi connectivity index (χ3n) is 7.45. The first-order chi connectivity index (χ1) is 22.3. The van der Waals surface area contributed by atoms with Crippen LogP contribution >= 0.6 is 27.3 Å². The second kappa shape index (κ2) is 13.4. The maximum absolute atomic E-state index is 14.1. The van der Waals surface area contributed by atoms with Crippen LogP contribution in [0.4, 0.5) is 0 Å². The van der Waals surface area contributed by atoms with Crippen LogP contribution in [0.25, 0.3) is 6.08 Å². The lowest BCUT2D eigenvalue weighted by atomic mass is 9.94. The number of esters is 1. The van der Waals surface area contributed by atoms with Gasteiger partial charge in [-0.25, -0.2) is 14.6 Å². The van der Waals surface area contributed by atoms with Crippen molar-refractivity contribution in [2.45, 2.75) is 39.3 Å². The summed E-state index contributed by atoms with van der Waals surface area (Å²) in [6.07, 6.45) is 3.08. The number of carbonyl (C=O) groups is 2. The fraction of sp³-hybridized carbons (Fsp3) is 0.235. The minimum Gasteiger partial charge on any atom is -0.488 e. The predicted molar refractivity (Wildman–Crippen MR) is 174 cm³/mol. The maximum atomic E-state index is 14.1. The lowest BCUT2D eigenvalue weighted by Gasteiger charge is -2.25. The van der Waals surface area contributed by atoms with E-state index in [9.17, 15) is 14.4 Å². The van der Waals surface area contributed by atoms with E-state index < -0.39 is 18.0 Å². The molecule has 12 heteroatoms. The summed E-state index contributed by atoms with van der Waals surface area (Å²) in [4.78, 5) is 43.9. The van der Waals surface area contributed by atoms with Crippen LogP contribution in [0.3, 0.4) is 0 Å². The van der Waals surface area contributed by atoms with Crippen molar-refractivity contribution in [3.8, 4) is 17.2 Å². The summed E-state index contributed by atoms with van der Waals surface area (Å²) in [5.41, 5.74) is 3.12. The van der Waals surface area contributed by atoms with E-state index in [1.165, 1.54) is 23.5 Å². The Morgan fingerprint density at radius 2 is 1.87 bits per heavy atom. The fourth-order valence-electron chi connectivity index (χ4n) is 5.30. The Kier molecular flexibility index (Phi) is 9.09. The minimum absolute atomic E-state index is 0.0997. The van der Waals surface area contributed by atoms with Crippen LogP contribution in [0.15, 0.2) is 86.2 Å². The Balaban J connectivity index is 1.37. The Morgan fingerprint density at radius 1 is 1.09 bits per heavy atom. The third-order valence-corrected chi connectivity index (χ3v) is 9.06. The average molecular weight is 706 g/mol. The van der Waals surface area contributed by atoms with E-state index in [1.807, 2.05) is 25.1 Å². The number of thiazole rings is 1. The summed E-state index contributed by atoms with van der Waals surface area (Å²) in [5.74, 6) is 0.237. The Bertz CT molecular complexity index is 2050. The molecule has 0 unspecified atom stereocenters. The van der Waals surface area contributed by atoms with E-state index in [4.69, 9.17) is 29.0 Å². The number of allylic oxidation sites excluding steroid dienone is 1. The van der Waals surface area contributed by atoms with Gasteiger partial charge in [0.05, 0.1) is 38.5 Å². The molecule has 236 valence electrons. The van der Waals surface area contributed by atoms with Crippen LogP contribution in [-0.4, -0.2) is 35.0 Å². The van der Waals surface area contributed by atoms with E-state index in [1.54, 1.807) is 47.9 Å². The van der Waals surface area contributed by atoms with Gasteiger partial charge in [0.1, 0.15) is 12.4 Å². The molecule has 1 aromatic heterocycles. The third kappa shape index (κ3) is 6.22. The number of aromatic carboxylic acids is 1. The van der Waals surface area contributed by atoms with Crippen molar-refractivity contribution in [2.75, 3.05) is 13.4 Å². The molecule has 1 atom stereocenters. The highest BCUT2D eigenvalue weighted by molar-refractivity contribution is 9.10. The summed E-state index contributed by atoms with van der Waals surface area (Å²) >= 11 is 4.82. The van der Waals surface area contributed by atoms with E-state index in [-0.39, 0.29) is 31.1 Å². The van der Waals surface area contributed by atoms with E-state index in [0.717, 1.165) is 17.5 Å². The zero-order valence-electron chi connectivity index (χ0n) is 24.9. The van der Waals surface area contributed by atoms with Gasteiger partial charge >= 0.3 is 11.9 Å². The van der Waals surface area contributed by atoms with Crippen LogP contribution in [0, 0.1) is 0 Å². The molecule has 6 rings (SSSR count). The average Bonchev–Trinajstić information content (AvgIpc) is 3.64. The van der Waals surface area contributed by atoms with Crippen LogP contribution in [0.2, 0.25) is 0 Å². The smallest absolute Gasteiger partial charge is 0.338 e. The van der Waals surface area contributed by atoms with Crippen molar-refractivity contribution in [1.82, 2.24) is 4.57 Å². The van der Waals surface area contributed by atoms with Gasteiger partial charge in [0.15, 0.2) is 16.3 Å². The molecule has 1 N–H and O–H groups in total. The number of benzene rings is 3. The number of rotatable bonds is 10. The molecular formula is C34H29BrN2O8S. The number of fused-ring (bicyclic) bond motifs is 2. The van der Waals surface area contributed by atoms with Gasteiger partial charge in [-0.2, -0.15) is 0 Å². The quantitative estimate of drug-likeness (QED) is 0.219. The van der Waals surface area contributed by atoms with Crippen molar-refractivity contribution in [2.24, 2.45) is 4.99 Å². The van der Waals surface area contributed by atoms with Crippen LogP contribution in [-0.2, 0) is 16.1 Å². The molecule has 0 amide bonds. The molecule has 0 saturated carbocycles. The molecule has 0 saturated heterocycles. The lowest BCUT2D eigenvalue weighted by molar-refractivity contribution is -0.139. The number of carboxylic acid groups (broad SMARTS) is 1. The number of nitrogens with zero attached hydrogens (tertiary/aromatic N) is 2. The summed E-state index contributed by atoms with van der Waals surface area (Å²) < 4.78 is 25.2. The SMILES string of the molecule is CCCC1=C(C(=O)OCC)[C@H](c2ccc3c(c2)OCO3)n2c(s/c(=C/c3ccc(OCc4ccc(C(=O)O)cc4)c(Br)c3)c2=O)=N1. The molecule has 4 aromatic rings. The Labute approximate surface area is 276 Å². The molecular weight excluding hydrogens is 676 g/mol. The van der Waals surface area contributed by atoms with Crippen molar-refractivity contribution in [3.05, 3.63) is 118 Å². The lowest BCUT2D eigenvalue weighted by Crippen LogP contribution is -2.40. The Hall–Kier alpha value is -4.68. The van der Waals surface area contributed by atoms with Crippen molar-refractivity contribution in [1.29, 1.82) is 0 Å². The number of carbonyl (C=O) groups excluding carboxylic acids is 1. The first kappa shape index (κ1) is 31.3. The van der Waals surface area contributed by atoms with Gasteiger partial charge in [0.25, 0.3) is 5.56 Å². The highest BCUT2D eigenvalue weighted by Gasteiger charge is 2.35. The van der Waals surface area contributed by atoms with Gasteiger partial charge in [0.2, 0.25) is 6.79 Å². The molecule has 10 nitrogen and oxygen atoms in total. The highest BCUT2D eigenvalue weighted by Crippen LogP contribution is 2.39. The largest absolute Gasteiger partial charge is 0.488 e. The molecule has 46 heavy (non-hydrogen) atoms.